The predicted octanol–water partition coefficient (Wildman–Crippen LogP) is 8.71. The van der Waals surface area contributed by atoms with Crippen LogP contribution in [0.4, 0.5) is 45.2 Å². The van der Waals surface area contributed by atoms with Crippen molar-refractivity contribution in [3.05, 3.63) is 29.8 Å². The van der Waals surface area contributed by atoms with Crippen LogP contribution in [-0.4, -0.2) is 61.4 Å². The Hall–Kier alpha value is -2.22. The molecule has 0 saturated heterocycles. The fourth-order valence-electron chi connectivity index (χ4n) is 4.55. The lowest BCUT2D eigenvalue weighted by Gasteiger charge is -2.39. The van der Waals surface area contributed by atoms with Crippen LogP contribution in [0.3, 0.4) is 0 Å². The van der Waals surface area contributed by atoms with E-state index in [4.69, 9.17) is 19.9 Å². The molecule has 0 aliphatic heterocycles. The second kappa shape index (κ2) is 13.8. The van der Waals surface area contributed by atoms with Crippen LogP contribution in [0.5, 0.6) is 0 Å². The molecule has 5 nitrogen and oxygen atoms in total. The monoisotopic (exact) mass is 639 g/mol. The lowest BCUT2D eigenvalue weighted by atomic mass is 9.79. The highest BCUT2D eigenvalue weighted by Gasteiger charge is 2.81. The smallest absolute Gasteiger partial charge is 0.459 e. The SMILES string of the molecule is CCC(C)(C)CC(C)(C)OCC(C)(COCCC(F)(F)C(F)(F)C(F)(F)C(F)(F)F)CC(C)OC(=O)c1ccc(N)cc1. The summed E-state index contributed by atoms with van der Waals surface area (Å²) in [6.45, 7) is 11.1. The van der Waals surface area contributed by atoms with Crippen molar-refractivity contribution in [2.45, 2.75) is 110 Å². The van der Waals surface area contributed by atoms with E-state index in [9.17, 15) is 44.3 Å². The summed E-state index contributed by atoms with van der Waals surface area (Å²) in [6, 6.07) is 5.89. The number of nitrogens with two attached hydrogens (primary N) is 1. The van der Waals surface area contributed by atoms with E-state index in [1.54, 1.807) is 13.8 Å². The number of esters is 1. The highest BCUT2D eigenvalue weighted by Crippen LogP contribution is 2.54. The molecule has 0 radical (unpaired) electrons. The minimum absolute atomic E-state index is 0.0274. The summed E-state index contributed by atoms with van der Waals surface area (Å²) in [5.41, 5.74) is 4.36. The largest absolute Gasteiger partial charge is 0.460 e. The second-order valence-electron chi connectivity index (χ2n) is 12.7. The highest BCUT2D eigenvalue weighted by molar-refractivity contribution is 5.89. The average molecular weight is 640 g/mol. The first-order chi connectivity index (χ1) is 19.2. The number of nitrogen functional groups attached to an aromatic ring is 1. The quantitative estimate of drug-likeness (QED) is 0.0799. The van der Waals surface area contributed by atoms with Gasteiger partial charge in [-0.15, -0.1) is 0 Å². The molecule has 0 heterocycles. The van der Waals surface area contributed by atoms with Crippen molar-refractivity contribution < 1.29 is 58.5 Å². The van der Waals surface area contributed by atoms with E-state index in [1.165, 1.54) is 24.3 Å². The number of hydrogen-bond donors (Lipinski definition) is 1. The molecule has 1 aromatic rings. The Morgan fingerprint density at radius 1 is 0.860 bits per heavy atom. The lowest BCUT2D eigenvalue weighted by Crippen LogP contribution is -2.61. The molecule has 250 valence electrons. The Labute approximate surface area is 246 Å². The van der Waals surface area contributed by atoms with Crippen molar-refractivity contribution >= 4 is 11.7 Å². The van der Waals surface area contributed by atoms with Crippen molar-refractivity contribution in [2.75, 3.05) is 25.6 Å². The first kappa shape index (κ1) is 38.8. The van der Waals surface area contributed by atoms with Crippen molar-refractivity contribution in [3.8, 4) is 0 Å². The fraction of sp³-hybridized carbons (Fsp3) is 0.759. The van der Waals surface area contributed by atoms with Crippen LogP contribution in [0.25, 0.3) is 0 Å². The van der Waals surface area contributed by atoms with Crippen molar-refractivity contribution in [1.82, 2.24) is 0 Å². The zero-order valence-corrected chi connectivity index (χ0v) is 25.4. The van der Waals surface area contributed by atoms with Crippen molar-refractivity contribution in [2.24, 2.45) is 10.8 Å². The van der Waals surface area contributed by atoms with Gasteiger partial charge in [-0.1, -0.05) is 34.1 Å². The van der Waals surface area contributed by atoms with Crippen LogP contribution < -0.4 is 5.73 Å². The molecule has 0 amide bonds. The molecule has 0 spiro atoms. The summed E-state index contributed by atoms with van der Waals surface area (Å²) in [5.74, 6) is -20.1. The Kier molecular flexibility index (Phi) is 12.5. The summed E-state index contributed by atoms with van der Waals surface area (Å²) in [5, 5.41) is 0. The van der Waals surface area contributed by atoms with Gasteiger partial charge in [0.1, 0.15) is 6.10 Å². The zero-order chi connectivity index (χ0) is 33.7. The molecule has 0 fully saturated rings. The van der Waals surface area contributed by atoms with Gasteiger partial charge in [-0.05, 0) is 63.3 Å². The van der Waals surface area contributed by atoms with Crippen LogP contribution in [0.2, 0.25) is 0 Å². The molecule has 14 heteroatoms. The maximum Gasteiger partial charge on any atom is 0.460 e. The maximum atomic E-state index is 14.0. The van der Waals surface area contributed by atoms with E-state index in [0.717, 1.165) is 6.42 Å². The third-order valence-corrected chi connectivity index (χ3v) is 7.13. The van der Waals surface area contributed by atoms with Gasteiger partial charge in [-0.25, -0.2) is 4.79 Å². The zero-order valence-electron chi connectivity index (χ0n) is 25.4. The minimum atomic E-state index is -6.96. The van der Waals surface area contributed by atoms with Gasteiger partial charge in [-0.3, -0.25) is 0 Å². The van der Waals surface area contributed by atoms with Crippen LogP contribution in [0, 0.1) is 10.8 Å². The van der Waals surface area contributed by atoms with E-state index in [-0.39, 0.29) is 24.0 Å². The van der Waals surface area contributed by atoms with Gasteiger partial charge < -0.3 is 19.9 Å². The van der Waals surface area contributed by atoms with Gasteiger partial charge in [0.2, 0.25) is 0 Å². The third kappa shape index (κ3) is 10.7. The molecule has 0 aliphatic rings. The first-order valence-electron chi connectivity index (χ1n) is 13.7. The lowest BCUT2D eigenvalue weighted by molar-refractivity contribution is -0.397. The maximum absolute atomic E-state index is 14.0. The van der Waals surface area contributed by atoms with Crippen LogP contribution in [-0.2, 0) is 14.2 Å². The molecular formula is C29H42F9NO4. The molecule has 0 bridgehead atoms. The fourth-order valence-corrected chi connectivity index (χ4v) is 4.55. The number of benzene rings is 1. The molecule has 2 atom stereocenters. The molecule has 0 aliphatic carbocycles. The standard InChI is InChI=1S/C29H42F9NO4/c1-8-23(3,4)16-24(5,6)42-18-25(7,15-19(2)43-22(40)20-9-11-21(39)12-10-20)17-41-14-13-26(30,31)27(32,33)28(34,35)29(36,37)38/h9-12,19H,8,13-18,39H2,1-7H3. The Morgan fingerprint density at radius 3 is 1.88 bits per heavy atom. The first-order valence-corrected chi connectivity index (χ1v) is 13.7. The van der Waals surface area contributed by atoms with E-state index in [1.807, 2.05) is 34.6 Å². The van der Waals surface area contributed by atoms with Gasteiger partial charge in [0.05, 0.1) is 31.0 Å². The number of alkyl halides is 9. The average Bonchev–Trinajstić information content (AvgIpc) is 2.84. The molecule has 1 rings (SSSR count). The van der Waals surface area contributed by atoms with Gasteiger partial charge in [0.25, 0.3) is 0 Å². The number of carbonyl (C=O) groups is 1. The number of halogens is 9. The third-order valence-electron chi connectivity index (χ3n) is 7.13. The summed E-state index contributed by atoms with van der Waals surface area (Å²) >= 11 is 0. The summed E-state index contributed by atoms with van der Waals surface area (Å²) in [7, 11) is 0. The van der Waals surface area contributed by atoms with E-state index in [0.29, 0.717) is 12.1 Å². The van der Waals surface area contributed by atoms with E-state index in [2.05, 4.69) is 0 Å². The summed E-state index contributed by atoms with van der Waals surface area (Å²) < 4.78 is 136. The van der Waals surface area contributed by atoms with Gasteiger partial charge in [0.15, 0.2) is 0 Å². The summed E-state index contributed by atoms with van der Waals surface area (Å²) in [4.78, 5) is 12.6. The Morgan fingerprint density at radius 2 is 1.40 bits per heavy atom. The van der Waals surface area contributed by atoms with E-state index < -0.39 is 66.7 Å². The molecule has 0 saturated carbocycles. The molecule has 2 unspecified atom stereocenters. The Bertz CT molecular complexity index is 1040. The van der Waals surface area contributed by atoms with Gasteiger partial charge >= 0.3 is 29.9 Å². The predicted molar refractivity (Wildman–Crippen MR) is 144 cm³/mol. The number of anilines is 1. The number of ether oxygens (including phenoxy) is 3. The van der Waals surface area contributed by atoms with Crippen molar-refractivity contribution in [1.29, 1.82) is 0 Å². The minimum Gasteiger partial charge on any atom is -0.459 e. The van der Waals surface area contributed by atoms with Crippen LogP contribution in [0.15, 0.2) is 24.3 Å². The van der Waals surface area contributed by atoms with Crippen LogP contribution in [0.1, 0.15) is 84.5 Å². The van der Waals surface area contributed by atoms with Crippen LogP contribution >= 0.6 is 0 Å². The molecule has 2 N–H and O–H groups in total. The highest BCUT2D eigenvalue weighted by atomic mass is 19.4. The van der Waals surface area contributed by atoms with Gasteiger partial charge in [0, 0.05) is 17.5 Å². The Balaban J connectivity index is 3.04. The molecular weight excluding hydrogens is 597 g/mol. The van der Waals surface area contributed by atoms with E-state index >= 15 is 0 Å². The topological polar surface area (TPSA) is 70.8 Å². The van der Waals surface area contributed by atoms with Gasteiger partial charge in [-0.2, -0.15) is 39.5 Å². The molecule has 1 aromatic carbocycles. The second-order valence-corrected chi connectivity index (χ2v) is 12.7. The number of hydrogen-bond acceptors (Lipinski definition) is 5. The molecule has 0 aromatic heterocycles. The molecule has 43 heavy (non-hydrogen) atoms. The summed E-state index contributed by atoms with van der Waals surface area (Å²) in [6.07, 6.45) is -8.32. The normalized spacial score (nSPS) is 16.1. The number of rotatable bonds is 17. The van der Waals surface area contributed by atoms with Crippen molar-refractivity contribution in [3.63, 3.8) is 0 Å². The number of carbonyl (C=O) groups excluding carboxylic acids is 1.